The highest BCUT2D eigenvalue weighted by Gasteiger charge is 2.31. The first-order valence-corrected chi connectivity index (χ1v) is 10.5. The third-order valence-corrected chi connectivity index (χ3v) is 5.62. The predicted molar refractivity (Wildman–Crippen MR) is 116 cm³/mol. The number of aromatic nitrogens is 1. The van der Waals surface area contributed by atoms with Gasteiger partial charge in [0.15, 0.2) is 0 Å². The first-order chi connectivity index (χ1) is 14.9. The summed E-state index contributed by atoms with van der Waals surface area (Å²) in [4.78, 5) is 42.5. The first kappa shape index (κ1) is 20.8. The van der Waals surface area contributed by atoms with Crippen LogP contribution in [-0.2, 0) is 4.79 Å². The van der Waals surface area contributed by atoms with Crippen LogP contribution in [0.5, 0.6) is 0 Å². The van der Waals surface area contributed by atoms with Crippen molar-refractivity contribution in [1.82, 2.24) is 9.88 Å². The van der Waals surface area contributed by atoms with E-state index in [1.165, 1.54) is 6.07 Å². The number of nitrogens with zero attached hydrogens (tertiary/aromatic N) is 3. The van der Waals surface area contributed by atoms with Crippen LogP contribution >= 0.6 is 0 Å². The van der Waals surface area contributed by atoms with E-state index in [-0.39, 0.29) is 41.6 Å². The van der Waals surface area contributed by atoms with E-state index in [1.807, 2.05) is 13.0 Å². The Kier molecular flexibility index (Phi) is 5.83. The number of carbonyl (C=O) groups excluding carboxylic acids is 2. The summed E-state index contributed by atoms with van der Waals surface area (Å²) in [5.74, 6) is -0.351. The summed E-state index contributed by atoms with van der Waals surface area (Å²) < 4.78 is 0. The van der Waals surface area contributed by atoms with Crippen molar-refractivity contribution in [2.24, 2.45) is 5.92 Å². The van der Waals surface area contributed by atoms with Crippen LogP contribution in [0.2, 0.25) is 0 Å². The minimum absolute atomic E-state index is 0.102. The smallest absolute Gasteiger partial charge is 0.293 e. The van der Waals surface area contributed by atoms with Gasteiger partial charge in [-0.25, -0.2) is 4.98 Å². The van der Waals surface area contributed by atoms with Gasteiger partial charge in [0.1, 0.15) is 11.5 Å². The van der Waals surface area contributed by atoms with E-state index >= 15 is 0 Å². The van der Waals surface area contributed by atoms with Gasteiger partial charge in [-0.15, -0.1) is 0 Å². The molecule has 0 radical (unpaired) electrons. The summed E-state index contributed by atoms with van der Waals surface area (Å²) in [6, 6.07) is 8.42. The van der Waals surface area contributed by atoms with Gasteiger partial charge in [0.25, 0.3) is 11.6 Å². The van der Waals surface area contributed by atoms with E-state index < -0.39 is 4.92 Å². The fourth-order valence-corrected chi connectivity index (χ4v) is 3.71. The largest absolute Gasteiger partial charge is 0.377 e. The summed E-state index contributed by atoms with van der Waals surface area (Å²) in [6.07, 6.45) is 5.03. The van der Waals surface area contributed by atoms with Crippen LogP contribution in [0.1, 0.15) is 41.6 Å². The Bertz CT molecular complexity index is 1000. The number of nitrogens with one attached hydrogen (secondary N) is 2. The van der Waals surface area contributed by atoms with E-state index in [0.717, 1.165) is 18.4 Å². The number of carbonyl (C=O) groups is 2. The van der Waals surface area contributed by atoms with Gasteiger partial charge in [0, 0.05) is 37.0 Å². The zero-order valence-corrected chi connectivity index (χ0v) is 17.3. The SMILES string of the molecule is Cc1ccc(NC(=O)C2CCCN(C(=O)c3ccc(NC4CC4)c([N+](=O)[O-])c3)C2)nc1. The number of hydrogen-bond acceptors (Lipinski definition) is 6. The minimum atomic E-state index is -0.470. The molecule has 2 fully saturated rings. The predicted octanol–water partition coefficient (Wildman–Crippen LogP) is 3.36. The number of nitro benzene ring substituents is 1. The van der Waals surface area contributed by atoms with Gasteiger partial charge in [0.2, 0.25) is 5.91 Å². The van der Waals surface area contributed by atoms with E-state index in [0.29, 0.717) is 30.9 Å². The standard InChI is InChI=1S/C22H25N5O4/c1-14-4-9-20(23-12-14)25-21(28)16-3-2-10-26(13-16)22(29)15-5-8-18(24-17-6-7-17)19(11-15)27(30)31/h4-5,8-9,11-12,16-17,24H,2-3,6-7,10,13H2,1H3,(H,23,25,28). The van der Waals surface area contributed by atoms with Gasteiger partial charge >= 0.3 is 0 Å². The lowest BCUT2D eigenvalue weighted by atomic mass is 9.96. The van der Waals surface area contributed by atoms with Gasteiger partial charge in [-0.2, -0.15) is 0 Å². The molecule has 1 saturated carbocycles. The van der Waals surface area contributed by atoms with E-state index in [4.69, 9.17) is 0 Å². The number of likely N-dealkylation sites (tertiary alicyclic amines) is 1. The molecule has 1 unspecified atom stereocenters. The molecule has 9 heteroatoms. The molecule has 9 nitrogen and oxygen atoms in total. The van der Waals surface area contributed by atoms with Gasteiger partial charge in [0.05, 0.1) is 10.8 Å². The number of amides is 2. The Morgan fingerprint density at radius 1 is 1.19 bits per heavy atom. The summed E-state index contributed by atoms with van der Waals surface area (Å²) in [6.45, 7) is 2.70. The molecule has 1 aliphatic heterocycles. The van der Waals surface area contributed by atoms with Crippen molar-refractivity contribution in [1.29, 1.82) is 0 Å². The molecule has 2 N–H and O–H groups in total. The van der Waals surface area contributed by atoms with Crippen molar-refractivity contribution in [2.75, 3.05) is 23.7 Å². The molecule has 2 amide bonds. The molecule has 1 aliphatic carbocycles. The highest BCUT2D eigenvalue weighted by atomic mass is 16.6. The molecule has 0 bridgehead atoms. The molecule has 2 heterocycles. The van der Waals surface area contributed by atoms with Crippen LogP contribution in [-0.4, -0.2) is 45.8 Å². The number of nitro groups is 1. The average Bonchev–Trinajstić information content (AvgIpc) is 3.59. The molecule has 0 spiro atoms. The molecular weight excluding hydrogens is 398 g/mol. The lowest BCUT2D eigenvalue weighted by Crippen LogP contribution is -2.43. The normalized spacial score (nSPS) is 18.4. The molecule has 1 atom stereocenters. The molecule has 31 heavy (non-hydrogen) atoms. The van der Waals surface area contributed by atoms with E-state index in [2.05, 4.69) is 15.6 Å². The van der Waals surface area contributed by atoms with Gasteiger partial charge in [-0.05, 0) is 56.4 Å². The van der Waals surface area contributed by atoms with Crippen LogP contribution in [0.25, 0.3) is 0 Å². The summed E-state index contributed by atoms with van der Waals surface area (Å²) >= 11 is 0. The van der Waals surface area contributed by atoms with Crippen molar-refractivity contribution in [3.8, 4) is 0 Å². The molecule has 2 aromatic rings. The fourth-order valence-electron chi connectivity index (χ4n) is 3.71. The monoisotopic (exact) mass is 423 g/mol. The second-order valence-corrected chi connectivity index (χ2v) is 8.21. The highest BCUT2D eigenvalue weighted by molar-refractivity contribution is 5.97. The summed E-state index contributed by atoms with van der Waals surface area (Å²) in [7, 11) is 0. The quantitative estimate of drug-likeness (QED) is 0.543. The summed E-state index contributed by atoms with van der Waals surface area (Å²) in [5, 5.41) is 17.4. The van der Waals surface area contributed by atoms with Crippen LogP contribution < -0.4 is 10.6 Å². The maximum Gasteiger partial charge on any atom is 0.293 e. The zero-order valence-electron chi connectivity index (χ0n) is 17.3. The number of benzene rings is 1. The third-order valence-electron chi connectivity index (χ3n) is 5.62. The van der Waals surface area contributed by atoms with Crippen molar-refractivity contribution in [3.63, 3.8) is 0 Å². The third kappa shape index (κ3) is 4.99. The Balaban J connectivity index is 1.44. The Morgan fingerprint density at radius 2 is 2.00 bits per heavy atom. The van der Waals surface area contributed by atoms with Crippen LogP contribution in [0, 0.1) is 23.0 Å². The number of pyridine rings is 1. The molecule has 1 saturated heterocycles. The molecular formula is C22H25N5O4. The molecule has 1 aromatic carbocycles. The maximum atomic E-state index is 13.0. The molecule has 162 valence electrons. The number of piperidine rings is 1. The minimum Gasteiger partial charge on any atom is -0.377 e. The number of aryl methyl sites for hydroxylation is 1. The van der Waals surface area contributed by atoms with Gasteiger partial charge in [-0.3, -0.25) is 19.7 Å². The lowest BCUT2D eigenvalue weighted by molar-refractivity contribution is -0.384. The van der Waals surface area contributed by atoms with Crippen LogP contribution in [0.3, 0.4) is 0 Å². The lowest BCUT2D eigenvalue weighted by Gasteiger charge is -2.32. The topological polar surface area (TPSA) is 117 Å². The average molecular weight is 423 g/mol. The van der Waals surface area contributed by atoms with Crippen LogP contribution in [0.15, 0.2) is 36.5 Å². The van der Waals surface area contributed by atoms with Crippen molar-refractivity contribution in [2.45, 2.75) is 38.6 Å². The van der Waals surface area contributed by atoms with Gasteiger partial charge in [-0.1, -0.05) is 6.07 Å². The molecule has 1 aromatic heterocycles. The number of anilines is 2. The van der Waals surface area contributed by atoms with Gasteiger partial charge < -0.3 is 15.5 Å². The van der Waals surface area contributed by atoms with E-state index in [1.54, 1.807) is 29.3 Å². The fraction of sp³-hybridized carbons (Fsp3) is 0.409. The second-order valence-electron chi connectivity index (χ2n) is 8.21. The van der Waals surface area contributed by atoms with Crippen molar-refractivity contribution >= 4 is 29.0 Å². The molecule has 4 rings (SSSR count). The number of hydrogen-bond donors (Lipinski definition) is 2. The first-order valence-electron chi connectivity index (χ1n) is 10.5. The Morgan fingerprint density at radius 3 is 2.68 bits per heavy atom. The maximum absolute atomic E-state index is 13.0. The van der Waals surface area contributed by atoms with Crippen molar-refractivity contribution < 1.29 is 14.5 Å². The number of rotatable bonds is 6. The van der Waals surface area contributed by atoms with E-state index in [9.17, 15) is 19.7 Å². The second kappa shape index (κ2) is 8.71. The van der Waals surface area contributed by atoms with Crippen LogP contribution in [0.4, 0.5) is 17.2 Å². The van der Waals surface area contributed by atoms with Crippen molar-refractivity contribution in [3.05, 3.63) is 57.8 Å². The summed E-state index contributed by atoms with van der Waals surface area (Å²) in [5.41, 5.74) is 1.59. The Hall–Kier alpha value is -3.49. The molecule has 2 aliphatic rings. The zero-order chi connectivity index (χ0) is 22.0. The highest BCUT2D eigenvalue weighted by Crippen LogP contribution is 2.32. The Labute approximate surface area is 180 Å².